The first-order valence-electron chi connectivity index (χ1n) is 15.1. The van der Waals surface area contributed by atoms with Gasteiger partial charge in [0.1, 0.15) is 29.7 Å². The third-order valence-electron chi connectivity index (χ3n) is 8.73. The zero-order valence-electron chi connectivity index (χ0n) is 25.0. The molecule has 6 rings (SSSR count). The van der Waals surface area contributed by atoms with Crippen molar-refractivity contribution in [3.63, 3.8) is 0 Å². The number of aliphatic hydroxyl groups is 1. The summed E-state index contributed by atoms with van der Waals surface area (Å²) in [7, 11) is 0. The number of carbonyl (C=O) groups is 1. The van der Waals surface area contributed by atoms with E-state index in [4.69, 9.17) is 9.47 Å². The van der Waals surface area contributed by atoms with Gasteiger partial charge in [0, 0.05) is 69.1 Å². The normalized spacial score (nSPS) is 17.5. The van der Waals surface area contributed by atoms with Crippen LogP contribution in [0.5, 0.6) is 17.2 Å². The Hall–Kier alpha value is -3.83. The molecule has 0 bridgehead atoms. The third-order valence-corrected chi connectivity index (χ3v) is 8.73. The highest BCUT2D eigenvalue weighted by molar-refractivity contribution is 5.97. The van der Waals surface area contributed by atoms with E-state index in [0.717, 1.165) is 69.0 Å². The molecule has 1 N–H and O–H groups in total. The van der Waals surface area contributed by atoms with E-state index in [1.165, 1.54) is 24.5 Å². The monoisotopic (exact) mass is 590 g/mol. The molecule has 1 amide bonds. The van der Waals surface area contributed by atoms with Gasteiger partial charge in [0.15, 0.2) is 11.6 Å². The number of halogens is 1. The number of ether oxygens (including phenoxy) is 2. The second kappa shape index (κ2) is 12.0. The van der Waals surface area contributed by atoms with Gasteiger partial charge in [0.05, 0.1) is 17.5 Å². The number of amides is 1. The molecular weight excluding hydrogens is 551 g/mol. The number of benzene rings is 1. The first kappa shape index (κ1) is 29.3. The number of hydrogen-bond acceptors (Lipinski definition) is 9. The maximum Gasteiger partial charge on any atom is 0.257 e. The quantitative estimate of drug-likeness (QED) is 0.348. The molecule has 11 heteroatoms. The van der Waals surface area contributed by atoms with Crippen molar-refractivity contribution >= 4 is 11.7 Å². The minimum Gasteiger partial charge on any atom is -0.490 e. The number of nitrogens with zero attached hydrogens (tertiary/aromatic N) is 6. The molecule has 2 fully saturated rings. The van der Waals surface area contributed by atoms with Crippen LogP contribution in [-0.2, 0) is 13.1 Å². The van der Waals surface area contributed by atoms with Crippen LogP contribution in [-0.4, -0.2) is 80.7 Å². The van der Waals surface area contributed by atoms with E-state index in [1.54, 1.807) is 11.1 Å². The maximum absolute atomic E-state index is 14.2. The number of aromatic nitrogens is 3. The molecule has 1 spiro atoms. The highest BCUT2D eigenvalue weighted by Gasteiger charge is 2.54. The summed E-state index contributed by atoms with van der Waals surface area (Å²) in [4.78, 5) is 32.6. The van der Waals surface area contributed by atoms with Crippen LogP contribution in [0.2, 0.25) is 0 Å². The van der Waals surface area contributed by atoms with Crippen molar-refractivity contribution in [1.82, 2.24) is 24.8 Å². The molecule has 1 aromatic carbocycles. The number of anilines is 1. The summed E-state index contributed by atoms with van der Waals surface area (Å²) in [6.07, 6.45) is 7.71. The van der Waals surface area contributed by atoms with Gasteiger partial charge in [0.2, 0.25) is 0 Å². The van der Waals surface area contributed by atoms with Crippen molar-refractivity contribution in [3.05, 3.63) is 65.6 Å². The fraction of sp³-hybridized carbons (Fsp3) is 0.500. The first-order valence-corrected chi connectivity index (χ1v) is 15.1. The molecule has 228 valence electrons. The van der Waals surface area contributed by atoms with Crippen LogP contribution in [0.15, 0.2) is 43.0 Å². The van der Waals surface area contributed by atoms with Crippen LogP contribution < -0.4 is 14.4 Å². The van der Waals surface area contributed by atoms with Crippen molar-refractivity contribution in [1.29, 1.82) is 0 Å². The van der Waals surface area contributed by atoms with Crippen molar-refractivity contribution in [3.8, 4) is 17.2 Å². The van der Waals surface area contributed by atoms with E-state index in [2.05, 4.69) is 24.8 Å². The van der Waals surface area contributed by atoms with Crippen molar-refractivity contribution in [2.45, 2.75) is 65.3 Å². The summed E-state index contributed by atoms with van der Waals surface area (Å²) in [5, 5.41) is 9.18. The fourth-order valence-corrected chi connectivity index (χ4v) is 6.61. The number of pyridine rings is 1. The smallest absolute Gasteiger partial charge is 0.257 e. The molecule has 2 aromatic heterocycles. The zero-order chi connectivity index (χ0) is 30.1. The molecule has 0 radical (unpaired) electrons. The Kier molecular flexibility index (Phi) is 8.19. The van der Waals surface area contributed by atoms with E-state index < -0.39 is 5.82 Å². The average Bonchev–Trinajstić information content (AvgIpc) is 3.38. The van der Waals surface area contributed by atoms with Crippen LogP contribution in [0.3, 0.4) is 0 Å². The van der Waals surface area contributed by atoms with Gasteiger partial charge >= 0.3 is 0 Å². The van der Waals surface area contributed by atoms with Gasteiger partial charge in [-0.2, -0.15) is 0 Å². The Morgan fingerprint density at radius 3 is 2.72 bits per heavy atom. The average molecular weight is 591 g/mol. The summed E-state index contributed by atoms with van der Waals surface area (Å²) in [5.41, 5.74) is 2.55. The Balaban J connectivity index is 1.09. The minimum absolute atomic E-state index is 0.0390. The van der Waals surface area contributed by atoms with E-state index >= 15 is 0 Å². The van der Waals surface area contributed by atoms with Gasteiger partial charge < -0.3 is 24.4 Å². The lowest BCUT2D eigenvalue weighted by Gasteiger charge is -2.58. The molecule has 1 aliphatic carbocycles. The Morgan fingerprint density at radius 1 is 1.16 bits per heavy atom. The van der Waals surface area contributed by atoms with Gasteiger partial charge in [0.25, 0.3) is 5.91 Å². The van der Waals surface area contributed by atoms with Crippen LogP contribution in [0.1, 0.15) is 61.6 Å². The summed E-state index contributed by atoms with van der Waals surface area (Å²) < 4.78 is 26.9. The van der Waals surface area contributed by atoms with Gasteiger partial charge in [-0.3, -0.25) is 14.7 Å². The van der Waals surface area contributed by atoms with Crippen LogP contribution in [0.25, 0.3) is 0 Å². The molecule has 4 heterocycles. The zero-order valence-corrected chi connectivity index (χ0v) is 25.0. The Morgan fingerprint density at radius 2 is 1.98 bits per heavy atom. The molecular formula is C32H39FN6O4. The maximum atomic E-state index is 14.2. The van der Waals surface area contributed by atoms with Gasteiger partial charge in [-0.1, -0.05) is 0 Å². The van der Waals surface area contributed by atoms with Crippen LogP contribution in [0.4, 0.5) is 10.2 Å². The predicted molar refractivity (Wildman–Crippen MR) is 159 cm³/mol. The lowest BCUT2D eigenvalue weighted by molar-refractivity contribution is -0.0349. The summed E-state index contributed by atoms with van der Waals surface area (Å²) in [6.45, 7) is 10.5. The van der Waals surface area contributed by atoms with Crippen molar-refractivity contribution in [2.75, 3.05) is 37.7 Å². The molecule has 1 saturated carbocycles. The van der Waals surface area contributed by atoms with E-state index in [9.17, 15) is 14.3 Å². The summed E-state index contributed by atoms with van der Waals surface area (Å²) >= 11 is 0. The summed E-state index contributed by atoms with van der Waals surface area (Å²) in [6, 6.07) is 5.93. The Bertz CT molecular complexity index is 1470. The van der Waals surface area contributed by atoms with E-state index in [-0.39, 0.29) is 41.4 Å². The Labute approximate surface area is 251 Å². The SMILES string of the molecule is CCN(C(=O)c1cc(F)ccc1Oc1cncnc1N1CC2(CC(Oc3ccnc4c3CN(CCCO)C4)C2)C1)C(C)C. The lowest BCUT2D eigenvalue weighted by atomic mass is 9.61. The highest BCUT2D eigenvalue weighted by Crippen LogP contribution is 2.52. The lowest BCUT2D eigenvalue weighted by Crippen LogP contribution is -2.65. The largest absolute Gasteiger partial charge is 0.490 e. The molecule has 0 unspecified atom stereocenters. The molecule has 1 saturated heterocycles. The number of fused-ring (bicyclic) bond motifs is 1. The van der Waals surface area contributed by atoms with Crippen molar-refractivity contribution in [2.24, 2.45) is 5.41 Å². The number of rotatable bonds is 11. The molecule has 43 heavy (non-hydrogen) atoms. The van der Waals surface area contributed by atoms with Crippen LogP contribution in [0, 0.1) is 11.2 Å². The minimum atomic E-state index is -0.498. The van der Waals surface area contributed by atoms with Gasteiger partial charge in [-0.05, 0) is 64.3 Å². The second-order valence-corrected chi connectivity index (χ2v) is 12.2. The number of hydrogen-bond donors (Lipinski definition) is 1. The predicted octanol–water partition coefficient (Wildman–Crippen LogP) is 4.42. The van der Waals surface area contributed by atoms with Gasteiger partial charge in [-0.25, -0.2) is 14.4 Å². The highest BCUT2D eigenvalue weighted by atomic mass is 19.1. The van der Waals surface area contributed by atoms with Crippen LogP contribution >= 0.6 is 0 Å². The standard InChI is InChI=1S/C32H39FN6O4/c1-4-39(21(2)3)31(41)24-12-22(33)6-7-27(24)43-29-15-34-20-36-30(29)38-18-32(19-38)13-23(14-32)42-28-8-9-35-26-17-37(10-5-11-40)16-25(26)28/h6-9,12,15,20-21,23,40H,4-5,10-11,13-14,16-19H2,1-3H3. The summed E-state index contributed by atoms with van der Waals surface area (Å²) in [5.74, 6) is 1.49. The topological polar surface area (TPSA) is 104 Å². The molecule has 3 aromatic rings. The second-order valence-electron chi connectivity index (χ2n) is 12.2. The molecule has 3 aliphatic rings. The molecule has 0 atom stereocenters. The molecule has 2 aliphatic heterocycles. The van der Waals surface area contributed by atoms with Crippen molar-refractivity contribution < 1.29 is 23.8 Å². The number of aliphatic hydroxyl groups excluding tert-OH is 1. The first-order chi connectivity index (χ1) is 20.8. The van der Waals surface area contributed by atoms with Gasteiger partial charge in [-0.15, -0.1) is 0 Å². The van der Waals surface area contributed by atoms with E-state index in [0.29, 0.717) is 18.1 Å². The van der Waals surface area contributed by atoms with E-state index in [1.807, 2.05) is 33.0 Å². The fourth-order valence-electron chi connectivity index (χ4n) is 6.61. The third kappa shape index (κ3) is 5.88. The number of carbonyl (C=O) groups excluding carboxylic acids is 1. The molecule has 10 nitrogen and oxygen atoms in total.